The molecule has 1 aromatic heterocycles. The predicted octanol–water partition coefficient (Wildman–Crippen LogP) is 3.29. The molecule has 1 unspecified atom stereocenters. The van der Waals surface area contributed by atoms with Crippen molar-refractivity contribution in [2.24, 2.45) is 0 Å². The lowest BCUT2D eigenvalue weighted by Crippen LogP contribution is -2.31. The van der Waals surface area contributed by atoms with Crippen LogP contribution in [0, 0.1) is 0 Å². The average molecular weight is 383 g/mol. The van der Waals surface area contributed by atoms with Crippen LogP contribution in [0.4, 0.5) is 0 Å². The van der Waals surface area contributed by atoms with E-state index < -0.39 is 23.5 Å². The number of hydrogen-bond donors (Lipinski definition) is 1. The Balaban J connectivity index is 2.09. The van der Waals surface area contributed by atoms with E-state index in [1.165, 1.54) is 37.5 Å². The smallest absolute Gasteiger partial charge is 0.290 e. The number of benzene rings is 1. The predicted molar refractivity (Wildman–Crippen MR) is 102 cm³/mol. The van der Waals surface area contributed by atoms with E-state index in [0.29, 0.717) is 29.4 Å². The van der Waals surface area contributed by atoms with Crippen molar-refractivity contribution in [3.63, 3.8) is 0 Å². The van der Waals surface area contributed by atoms with E-state index in [9.17, 15) is 14.7 Å². The highest BCUT2D eigenvalue weighted by molar-refractivity contribution is 6.14. The second kappa shape index (κ2) is 8.04. The van der Waals surface area contributed by atoms with Gasteiger partial charge >= 0.3 is 0 Å². The quantitative estimate of drug-likeness (QED) is 0.738. The molecule has 7 nitrogen and oxygen atoms in total. The zero-order valence-electron chi connectivity index (χ0n) is 15.8. The van der Waals surface area contributed by atoms with Crippen LogP contribution < -0.4 is 9.47 Å². The van der Waals surface area contributed by atoms with Gasteiger partial charge in [-0.1, -0.05) is 12.1 Å². The number of nitrogens with zero attached hydrogens (tertiary/aromatic N) is 1. The number of carbonyl (C=O) groups is 2. The van der Waals surface area contributed by atoms with E-state index in [0.717, 1.165) is 0 Å². The minimum Gasteiger partial charge on any atom is -0.503 e. The van der Waals surface area contributed by atoms with Crippen molar-refractivity contribution < 1.29 is 28.6 Å². The monoisotopic (exact) mass is 383 g/mol. The maximum absolute atomic E-state index is 12.9. The van der Waals surface area contributed by atoms with Gasteiger partial charge in [-0.25, -0.2) is 0 Å². The molecule has 3 rings (SSSR count). The molecule has 1 aromatic carbocycles. The van der Waals surface area contributed by atoms with Gasteiger partial charge in [-0.05, 0) is 37.3 Å². The molecule has 0 fully saturated rings. The molecule has 2 aromatic rings. The van der Waals surface area contributed by atoms with Gasteiger partial charge in [0.25, 0.3) is 5.91 Å². The summed E-state index contributed by atoms with van der Waals surface area (Å²) in [7, 11) is 2.99. The molecular formula is C21H21NO6. The molecular weight excluding hydrogens is 362 g/mol. The second-order valence-electron chi connectivity index (χ2n) is 6.05. The number of aliphatic hydroxyl groups is 1. The molecule has 2 heterocycles. The number of amides is 1. The van der Waals surface area contributed by atoms with Crippen LogP contribution in [0.1, 0.15) is 24.3 Å². The lowest BCUT2D eigenvalue weighted by atomic mass is 9.94. The normalized spacial score (nSPS) is 16.9. The topological polar surface area (TPSA) is 89.2 Å². The number of carbonyl (C=O) groups excluding carboxylic acids is 2. The third-order valence-corrected chi connectivity index (χ3v) is 4.58. The Morgan fingerprint density at radius 3 is 2.64 bits per heavy atom. The number of hydrogen-bond acceptors (Lipinski definition) is 6. The summed E-state index contributed by atoms with van der Waals surface area (Å²) < 4.78 is 16.0. The second-order valence-corrected chi connectivity index (χ2v) is 6.05. The van der Waals surface area contributed by atoms with E-state index in [-0.39, 0.29) is 5.57 Å². The Kier molecular flexibility index (Phi) is 5.54. The average Bonchev–Trinajstić information content (AvgIpc) is 3.32. The Bertz CT molecular complexity index is 942. The van der Waals surface area contributed by atoms with Crippen LogP contribution in [0.15, 0.2) is 58.4 Å². The zero-order chi connectivity index (χ0) is 20.3. The summed E-state index contributed by atoms with van der Waals surface area (Å²) in [6.07, 6.45) is 4.25. The fourth-order valence-corrected chi connectivity index (χ4v) is 3.32. The first-order valence-corrected chi connectivity index (χ1v) is 8.74. The van der Waals surface area contributed by atoms with E-state index in [4.69, 9.17) is 13.9 Å². The van der Waals surface area contributed by atoms with E-state index in [1.54, 1.807) is 37.3 Å². The summed E-state index contributed by atoms with van der Waals surface area (Å²) in [6, 6.07) is 7.80. The number of para-hydroxylation sites is 1. The summed E-state index contributed by atoms with van der Waals surface area (Å²) in [5.74, 6) is -0.310. The van der Waals surface area contributed by atoms with Crippen molar-refractivity contribution in [1.82, 2.24) is 4.90 Å². The summed E-state index contributed by atoms with van der Waals surface area (Å²) in [6.45, 7) is 2.07. The maximum atomic E-state index is 12.9. The molecule has 0 saturated heterocycles. The molecule has 1 N–H and O–H groups in total. The molecule has 1 aliphatic rings. The van der Waals surface area contributed by atoms with Gasteiger partial charge in [0, 0.05) is 12.1 Å². The van der Waals surface area contributed by atoms with Crippen LogP contribution in [0.2, 0.25) is 0 Å². The molecule has 0 saturated carbocycles. The Hall–Kier alpha value is -3.48. The molecule has 146 valence electrons. The first kappa shape index (κ1) is 19.3. The van der Waals surface area contributed by atoms with Crippen LogP contribution in [0.25, 0.3) is 6.08 Å². The lowest BCUT2D eigenvalue weighted by molar-refractivity contribution is -0.129. The lowest BCUT2D eigenvalue weighted by Gasteiger charge is -2.27. The minimum atomic E-state index is -0.795. The minimum absolute atomic E-state index is 0.0128. The fraction of sp³-hybridized carbons (Fsp3) is 0.238. The maximum Gasteiger partial charge on any atom is 0.290 e. The van der Waals surface area contributed by atoms with Gasteiger partial charge in [-0.2, -0.15) is 0 Å². The highest BCUT2D eigenvalue weighted by Crippen LogP contribution is 2.44. The van der Waals surface area contributed by atoms with Crippen molar-refractivity contribution in [2.75, 3.05) is 20.8 Å². The van der Waals surface area contributed by atoms with Gasteiger partial charge in [0.15, 0.2) is 23.0 Å². The molecule has 0 bridgehead atoms. The van der Waals surface area contributed by atoms with Crippen molar-refractivity contribution in [3.8, 4) is 11.5 Å². The molecule has 0 spiro atoms. The first-order valence-electron chi connectivity index (χ1n) is 8.74. The molecule has 0 radical (unpaired) electrons. The van der Waals surface area contributed by atoms with Crippen LogP contribution in [0.3, 0.4) is 0 Å². The number of rotatable bonds is 7. The SMILES string of the molecule is CCN1C(=O)C(O)=C(C(=O)/C=C/c2ccco2)C1c1cccc(OC)c1OC. The van der Waals surface area contributed by atoms with Crippen LogP contribution >= 0.6 is 0 Å². The van der Waals surface area contributed by atoms with Crippen molar-refractivity contribution in [2.45, 2.75) is 13.0 Å². The summed E-state index contributed by atoms with van der Waals surface area (Å²) in [5.41, 5.74) is 0.539. The largest absolute Gasteiger partial charge is 0.503 e. The third kappa shape index (κ3) is 3.26. The fourth-order valence-electron chi connectivity index (χ4n) is 3.32. The van der Waals surface area contributed by atoms with Gasteiger partial charge in [0.2, 0.25) is 0 Å². The van der Waals surface area contributed by atoms with Crippen molar-refractivity contribution >= 4 is 17.8 Å². The van der Waals surface area contributed by atoms with Gasteiger partial charge in [0.1, 0.15) is 5.76 Å². The molecule has 1 aliphatic heterocycles. The molecule has 7 heteroatoms. The first-order chi connectivity index (χ1) is 13.5. The summed E-state index contributed by atoms with van der Waals surface area (Å²) >= 11 is 0. The number of aliphatic hydroxyl groups excluding tert-OH is 1. The van der Waals surface area contributed by atoms with Crippen molar-refractivity contribution in [1.29, 1.82) is 0 Å². The van der Waals surface area contributed by atoms with Gasteiger partial charge in [-0.3, -0.25) is 9.59 Å². The Labute approximate surface area is 162 Å². The van der Waals surface area contributed by atoms with E-state index >= 15 is 0 Å². The van der Waals surface area contributed by atoms with Crippen LogP contribution in [-0.2, 0) is 9.59 Å². The number of furan rings is 1. The molecule has 28 heavy (non-hydrogen) atoms. The molecule has 1 atom stereocenters. The third-order valence-electron chi connectivity index (χ3n) is 4.58. The van der Waals surface area contributed by atoms with Gasteiger partial charge in [0.05, 0.1) is 32.1 Å². The molecule has 1 amide bonds. The summed E-state index contributed by atoms with van der Waals surface area (Å²) in [5, 5.41) is 10.4. The van der Waals surface area contributed by atoms with E-state index in [2.05, 4.69) is 0 Å². The summed E-state index contributed by atoms with van der Waals surface area (Å²) in [4.78, 5) is 26.9. The van der Waals surface area contributed by atoms with E-state index in [1.807, 2.05) is 0 Å². The number of likely N-dealkylation sites (N-methyl/N-ethyl adjacent to an activating group) is 1. The van der Waals surface area contributed by atoms with Gasteiger partial charge < -0.3 is 23.9 Å². The highest BCUT2D eigenvalue weighted by Gasteiger charge is 2.43. The number of methoxy groups -OCH3 is 2. The number of ketones is 1. The highest BCUT2D eigenvalue weighted by atomic mass is 16.5. The Morgan fingerprint density at radius 1 is 1.25 bits per heavy atom. The standard InChI is InChI=1S/C21H21NO6/c1-4-22-18(14-8-5-9-16(26-2)20(14)27-3)17(19(24)21(22)25)15(23)11-10-13-7-6-12-28-13/h5-12,18,24H,4H2,1-3H3/b11-10+. The zero-order valence-corrected chi connectivity index (χ0v) is 15.8. The van der Waals surface area contributed by atoms with Crippen LogP contribution in [0.5, 0.6) is 11.5 Å². The molecule has 0 aliphatic carbocycles. The van der Waals surface area contributed by atoms with Crippen molar-refractivity contribution in [3.05, 3.63) is 65.3 Å². The number of ether oxygens (including phenoxy) is 2. The van der Waals surface area contributed by atoms with Crippen LogP contribution in [-0.4, -0.2) is 42.5 Å². The Morgan fingerprint density at radius 2 is 2.04 bits per heavy atom. The van der Waals surface area contributed by atoms with Gasteiger partial charge in [-0.15, -0.1) is 0 Å². The number of allylic oxidation sites excluding steroid dienone is 1.